The van der Waals surface area contributed by atoms with E-state index in [1.54, 1.807) is 25.2 Å². The molecule has 0 bridgehead atoms. The SMILES string of the molecule is COc1cc2c(cc1OC)CN(C(=O)c1cn(C(C)=O)c3cc(F)ccc13)CC2. The molecule has 2 aromatic carbocycles. The minimum Gasteiger partial charge on any atom is -0.493 e. The van der Waals surface area contributed by atoms with Gasteiger partial charge in [-0.1, -0.05) is 0 Å². The Balaban J connectivity index is 1.71. The maximum atomic E-state index is 13.7. The standard InChI is InChI=1S/C22H21FN2O4/c1-13(26)25-12-18(17-5-4-16(23)10-19(17)25)22(27)24-7-6-14-8-20(28-2)21(29-3)9-15(14)11-24/h4-5,8-10,12H,6-7,11H2,1-3H3. The van der Waals surface area contributed by atoms with Crippen LogP contribution in [0.3, 0.4) is 0 Å². The highest BCUT2D eigenvalue weighted by atomic mass is 19.1. The second kappa shape index (κ2) is 7.24. The number of fused-ring (bicyclic) bond motifs is 2. The number of rotatable bonds is 3. The third-order valence-corrected chi connectivity index (χ3v) is 5.34. The van der Waals surface area contributed by atoms with E-state index < -0.39 is 5.82 Å². The molecule has 1 aliphatic rings. The Bertz CT molecular complexity index is 1140. The summed E-state index contributed by atoms with van der Waals surface area (Å²) in [5, 5.41) is 0.560. The van der Waals surface area contributed by atoms with Gasteiger partial charge in [0.05, 0.1) is 25.3 Å². The summed E-state index contributed by atoms with van der Waals surface area (Å²) in [4.78, 5) is 27.0. The zero-order valence-corrected chi connectivity index (χ0v) is 16.5. The number of ether oxygens (including phenoxy) is 2. The fraction of sp³-hybridized carbons (Fsp3) is 0.273. The van der Waals surface area contributed by atoms with Gasteiger partial charge >= 0.3 is 0 Å². The molecule has 0 spiro atoms. The number of hydrogen-bond acceptors (Lipinski definition) is 4. The van der Waals surface area contributed by atoms with Crippen LogP contribution in [0.15, 0.2) is 36.5 Å². The van der Waals surface area contributed by atoms with Gasteiger partial charge in [-0.3, -0.25) is 14.2 Å². The number of carbonyl (C=O) groups excluding carboxylic acids is 2. The van der Waals surface area contributed by atoms with Crippen LogP contribution in [-0.2, 0) is 13.0 Å². The monoisotopic (exact) mass is 396 g/mol. The van der Waals surface area contributed by atoms with E-state index in [1.165, 1.54) is 29.8 Å². The van der Waals surface area contributed by atoms with Gasteiger partial charge in [0.25, 0.3) is 5.91 Å². The topological polar surface area (TPSA) is 60.8 Å². The van der Waals surface area contributed by atoms with E-state index in [2.05, 4.69) is 0 Å². The number of amides is 1. The summed E-state index contributed by atoms with van der Waals surface area (Å²) in [6, 6.07) is 7.95. The minimum atomic E-state index is -0.454. The Labute approximate surface area is 167 Å². The highest BCUT2D eigenvalue weighted by Crippen LogP contribution is 2.34. The molecule has 0 atom stereocenters. The molecule has 1 aromatic heterocycles. The van der Waals surface area contributed by atoms with Crippen molar-refractivity contribution in [1.29, 1.82) is 0 Å². The van der Waals surface area contributed by atoms with E-state index in [9.17, 15) is 14.0 Å². The van der Waals surface area contributed by atoms with Crippen LogP contribution < -0.4 is 9.47 Å². The third-order valence-electron chi connectivity index (χ3n) is 5.34. The lowest BCUT2D eigenvalue weighted by atomic mass is 9.98. The Hall–Kier alpha value is -3.35. The second-order valence-electron chi connectivity index (χ2n) is 7.05. The van der Waals surface area contributed by atoms with Crippen molar-refractivity contribution in [3.05, 3.63) is 59.0 Å². The van der Waals surface area contributed by atoms with Gasteiger partial charge in [-0.25, -0.2) is 4.39 Å². The fourth-order valence-corrected chi connectivity index (χ4v) is 3.86. The van der Waals surface area contributed by atoms with Crippen molar-refractivity contribution < 1.29 is 23.5 Å². The molecule has 0 aliphatic carbocycles. The van der Waals surface area contributed by atoms with Crippen molar-refractivity contribution in [1.82, 2.24) is 9.47 Å². The average Bonchev–Trinajstić information content (AvgIpc) is 3.10. The summed E-state index contributed by atoms with van der Waals surface area (Å²) in [5.74, 6) is 0.356. The summed E-state index contributed by atoms with van der Waals surface area (Å²) >= 11 is 0. The Kier molecular flexibility index (Phi) is 4.74. The van der Waals surface area contributed by atoms with Gasteiger partial charge in [0, 0.05) is 31.6 Å². The van der Waals surface area contributed by atoms with Crippen LogP contribution in [0.4, 0.5) is 4.39 Å². The Morgan fingerprint density at radius 3 is 2.38 bits per heavy atom. The van der Waals surface area contributed by atoms with Crippen molar-refractivity contribution in [2.75, 3.05) is 20.8 Å². The van der Waals surface area contributed by atoms with Crippen molar-refractivity contribution in [2.24, 2.45) is 0 Å². The maximum absolute atomic E-state index is 13.7. The molecule has 0 fully saturated rings. The van der Waals surface area contributed by atoms with Crippen LogP contribution in [0.1, 0.15) is 33.2 Å². The predicted molar refractivity (Wildman–Crippen MR) is 106 cm³/mol. The van der Waals surface area contributed by atoms with Crippen LogP contribution in [0, 0.1) is 5.82 Å². The van der Waals surface area contributed by atoms with Crippen molar-refractivity contribution in [3.8, 4) is 11.5 Å². The van der Waals surface area contributed by atoms with E-state index in [-0.39, 0.29) is 11.8 Å². The van der Waals surface area contributed by atoms with E-state index in [4.69, 9.17) is 9.47 Å². The smallest absolute Gasteiger partial charge is 0.256 e. The fourth-order valence-electron chi connectivity index (χ4n) is 3.86. The molecule has 3 aromatic rings. The minimum absolute atomic E-state index is 0.193. The molecule has 7 heteroatoms. The van der Waals surface area contributed by atoms with Gasteiger partial charge in [-0.05, 0) is 47.9 Å². The molecule has 29 heavy (non-hydrogen) atoms. The first kappa shape index (κ1) is 19.0. The number of nitrogens with zero attached hydrogens (tertiary/aromatic N) is 2. The molecule has 0 saturated heterocycles. The number of aromatic nitrogens is 1. The highest BCUT2D eigenvalue weighted by molar-refractivity contribution is 6.09. The molecular weight excluding hydrogens is 375 g/mol. The van der Waals surface area contributed by atoms with Crippen LogP contribution in [0.2, 0.25) is 0 Å². The third kappa shape index (κ3) is 3.22. The van der Waals surface area contributed by atoms with Crippen molar-refractivity contribution in [3.63, 3.8) is 0 Å². The molecule has 0 N–H and O–H groups in total. The number of carbonyl (C=O) groups is 2. The maximum Gasteiger partial charge on any atom is 0.256 e. The van der Waals surface area contributed by atoms with Crippen molar-refractivity contribution in [2.45, 2.75) is 19.9 Å². The van der Waals surface area contributed by atoms with Crippen LogP contribution >= 0.6 is 0 Å². The van der Waals surface area contributed by atoms with E-state index >= 15 is 0 Å². The summed E-state index contributed by atoms with van der Waals surface area (Å²) in [6.45, 7) is 2.34. The molecular formula is C22H21FN2O4. The van der Waals surface area contributed by atoms with Crippen LogP contribution in [-0.4, -0.2) is 42.0 Å². The first-order valence-corrected chi connectivity index (χ1v) is 9.27. The number of methoxy groups -OCH3 is 2. The van der Waals surface area contributed by atoms with E-state index in [1.807, 2.05) is 12.1 Å². The molecule has 0 saturated carbocycles. The van der Waals surface area contributed by atoms with Crippen LogP contribution in [0.5, 0.6) is 11.5 Å². The number of hydrogen-bond donors (Lipinski definition) is 0. The van der Waals surface area contributed by atoms with Gasteiger partial charge in [0.15, 0.2) is 11.5 Å². The summed E-state index contributed by atoms with van der Waals surface area (Å²) < 4.78 is 25.8. The van der Waals surface area contributed by atoms with Crippen LogP contribution in [0.25, 0.3) is 10.9 Å². The molecule has 0 radical (unpaired) electrons. The zero-order chi connectivity index (χ0) is 20.7. The van der Waals surface area contributed by atoms with E-state index in [0.717, 1.165) is 11.1 Å². The largest absolute Gasteiger partial charge is 0.493 e. The summed E-state index contributed by atoms with van der Waals surface area (Å²) in [7, 11) is 3.17. The van der Waals surface area contributed by atoms with Gasteiger partial charge < -0.3 is 14.4 Å². The first-order valence-electron chi connectivity index (χ1n) is 9.27. The molecule has 150 valence electrons. The molecule has 4 rings (SSSR count). The van der Waals surface area contributed by atoms with E-state index in [0.29, 0.717) is 47.5 Å². The van der Waals surface area contributed by atoms with Gasteiger partial charge in [-0.15, -0.1) is 0 Å². The Morgan fingerprint density at radius 1 is 1.03 bits per heavy atom. The Morgan fingerprint density at radius 2 is 1.72 bits per heavy atom. The lowest BCUT2D eigenvalue weighted by Crippen LogP contribution is -2.36. The van der Waals surface area contributed by atoms with Gasteiger partial charge in [0.1, 0.15) is 5.82 Å². The van der Waals surface area contributed by atoms with Crippen molar-refractivity contribution >= 4 is 22.7 Å². The lowest BCUT2D eigenvalue weighted by Gasteiger charge is -2.29. The summed E-state index contributed by atoms with van der Waals surface area (Å²) in [6.07, 6.45) is 2.18. The van der Waals surface area contributed by atoms with Gasteiger partial charge in [-0.2, -0.15) is 0 Å². The second-order valence-corrected chi connectivity index (χ2v) is 7.05. The number of benzene rings is 2. The highest BCUT2D eigenvalue weighted by Gasteiger charge is 2.26. The quantitative estimate of drug-likeness (QED) is 0.678. The first-order chi connectivity index (χ1) is 13.9. The lowest BCUT2D eigenvalue weighted by molar-refractivity contribution is 0.0736. The molecule has 0 unspecified atom stereocenters. The summed E-state index contributed by atoms with van der Waals surface area (Å²) in [5.41, 5.74) is 2.88. The van der Waals surface area contributed by atoms with Gasteiger partial charge in [0.2, 0.25) is 5.91 Å². The normalized spacial score (nSPS) is 13.3. The number of halogens is 1. The molecule has 1 amide bonds. The average molecular weight is 396 g/mol. The zero-order valence-electron chi connectivity index (χ0n) is 16.5. The molecule has 2 heterocycles. The molecule has 6 nitrogen and oxygen atoms in total. The molecule has 1 aliphatic heterocycles. The predicted octanol–water partition coefficient (Wildman–Crippen LogP) is 3.66.